The number of alkyl halides is 3. The number of nitrogen functional groups attached to an aromatic ring is 1. The van der Waals surface area contributed by atoms with Gasteiger partial charge < -0.3 is 10.5 Å². The van der Waals surface area contributed by atoms with Crippen molar-refractivity contribution >= 4 is 5.69 Å². The summed E-state index contributed by atoms with van der Waals surface area (Å²) in [4.78, 5) is 0. The number of nitrogens with two attached hydrogens (primary N) is 1. The van der Waals surface area contributed by atoms with Crippen molar-refractivity contribution in [2.24, 2.45) is 0 Å². The summed E-state index contributed by atoms with van der Waals surface area (Å²) in [7, 11) is 0. The van der Waals surface area contributed by atoms with Crippen molar-refractivity contribution in [3.8, 4) is 16.9 Å². The van der Waals surface area contributed by atoms with Crippen LogP contribution in [0.1, 0.15) is 0 Å². The first-order chi connectivity index (χ1) is 10.1. The molecule has 2 nitrogen and oxygen atoms in total. The van der Waals surface area contributed by atoms with Crippen LogP contribution in [0.25, 0.3) is 11.1 Å². The van der Waals surface area contributed by atoms with Gasteiger partial charge in [0.05, 0.1) is 5.56 Å². The van der Waals surface area contributed by atoms with Gasteiger partial charge in [-0.25, -0.2) is 17.6 Å². The molecule has 0 aliphatic carbocycles. The highest BCUT2D eigenvalue weighted by atomic mass is 19.4. The van der Waals surface area contributed by atoms with Gasteiger partial charge in [0, 0.05) is 0 Å². The van der Waals surface area contributed by atoms with Crippen LogP contribution in [-0.4, -0.2) is 6.36 Å². The van der Waals surface area contributed by atoms with Crippen LogP contribution in [0.15, 0.2) is 24.3 Å². The molecule has 0 saturated heterocycles. The summed E-state index contributed by atoms with van der Waals surface area (Å²) in [5, 5.41) is 0. The lowest BCUT2D eigenvalue weighted by Gasteiger charge is -2.12. The van der Waals surface area contributed by atoms with Gasteiger partial charge in [-0.3, -0.25) is 0 Å². The van der Waals surface area contributed by atoms with Crippen molar-refractivity contribution in [1.82, 2.24) is 0 Å². The molecule has 9 heteroatoms. The van der Waals surface area contributed by atoms with Crippen LogP contribution in [0.4, 0.5) is 36.4 Å². The average Bonchev–Trinajstić information content (AvgIpc) is 2.42. The topological polar surface area (TPSA) is 35.2 Å². The predicted molar refractivity (Wildman–Crippen MR) is 62.8 cm³/mol. The Morgan fingerprint density at radius 2 is 1.41 bits per heavy atom. The lowest BCUT2D eigenvalue weighted by molar-refractivity contribution is -0.274. The first kappa shape index (κ1) is 15.9. The van der Waals surface area contributed by atoms with Crippen molar-refractivity contribution in [2.45, 2.75) is 6.36 Å². The minimum atomic E-state index is -5.03. The van der Waals surface area contributed by atoms with E-state index in [9.17, 15) is 30.7 Å². The molecule has 2 N–H and O–H groups in total. The Morgan fingerprint density at radius 1 is 0.864 bits per heavy atom. The molecule has 0 aliphatic heterocycles. The molecule has 2 rings (SSSR count). The summed E-state index contributed by atoms with van der Waals surface area (Å²) in [6.45, 7) is 0. The molecule has 2 aromatic rings. The number of benzene rings is 2. The van der Waals surface area contributed by atoms with Crippen LogP contribution in [0.3, 0.4) is 0 Å². The number of rotatable bonds is 2. The second-order valence-electron chi connectivity index (χ2n) is 4.12. The number of halogens is 7. The maximum absolute atomic E-state index is 13.7. The Bertz CT molecular complexity index is 698. The monoisotopic (exact) mass is 325 g/mol. The summed E-state index contributed by atoms with van der Waals surface area (Å²) in [5.74, 6) is -8.12. The van der Waals surface area contributed by atoms with Crippen LogP contribution in [0.2, 0.25) is 0 Å². The van der Waals surface area contributed by atoms with Crippen LogP contribution in [0.5, 0.6) is 5.75 Å². The molecule has 22 heavy (non-hydrogen) atoms. The largest absolute Gasteiger partial charge is 0.573 e. The summed E-state index contributed by atoms with van der Waals surface area (Å²) in [6.07, 6.45) is -5.03. The molecule has 0 heterocycles. The van der Waals surface area contributed by atoms with Gasteiger partial charge in [-0.15, -0.1) is 13.2 Å². The highest BCUT2D eigenvalue weighted by molar-refractivity contribution is 5.69. The Morgan fingerprint density at radius 3 is 1.91 bits per heavy atom. The fourth-order valence-corrected chi connectivity index (χ4v) is 1.75. The fourth-order valence-electron chi connectivity index (χ4n) is 1.75. The molecule has 0 amide bonds. The van der Waals surface area contributed by atoms with E-state index in [1.54, 1.807) is 0 Å². The predicted octanol–water partition coefficient (Wildman–Crippen LogP) is 4.39. The highest BCUT2D eigenvalue weighted by Crippen LogP contribution is 2.35. The molecule has 0 fully saturated rings. The second-order valence-corrected chi connectivity index (χ2v) is 4.12. The van der Waals surface area contributed by atoms with Gasteiger partial charge in [-0.2, -0.15) is 0 Å². The first-order valence-electron chi connectivity index (χ1n) is 5.59. The first-order valence-corrected chi connectivity index (χ1v) is 5.59. The van der Waals surface area contributed by atoms with Gasteiger partial charge in [0.25, 0.3) is 0 Å². The van der Waals surface area contributed by atoms with E-state index in [0.29, 0.717) is 6.07 Å². The summed E-state index contributed by atoms with van der Waals surface area (Å²) < 4.78 is 94.1. The summed E-state index contributed by atoms with van der Waals surface area (Å²) in [5.41, 5.74) is 1.75. The quantitative estimate of drug-likeness (QED) is 0.505. The van der Waals surface area contributed by atoms with E-state index in [2.05, 4.69) is 4.74 Å². The van der Waals surface area contributed by atoms with Crippen LogP contribution >= 0.6 is 0 Å². The zero-order chi connectivity index (χ0) is 16.7. The molecule has 0 unspecified atom stereocenters. The van der Waals surface area contributed by atoms with Gasteiger partial charge in [-0.1, -0.05) is 12.1 Å². The van der Waals surface area contributed by atoms with E-state index in [-0.39, 0.29) is 0 Å². The molecular formula is C13H6F7NO. The third-order valence-electron chi connectivity index (χ3n) is 2.65. The molecule has 118 valence electrons. The third kappa shape index (κ3) is 2.92. The number of ether oxygens (including phenoxy) is 1. The van der Waals surface area contributed by atoms with E-state index in [1.807, 2.05) is 0 Å². The van der Waals surface area contributed by atoms with Crippen molar-refractivity contribution in [3.63, 3.8) is 0 Å². The number of anilines is 1. The van der Waals surface area contributed by atoms with Crippen molar-refractivity contribution in [3.05, 3.63) is 47.5 Å². The Labute approximate surface area is 118 Å². The number of hydrogen-bond acceptors (Lipinski definition) is 2. The Hall–Kier alpha value is -2.45. The van der Waals surface area contributed by atoms with E-state index in [1.165, 1.54) is 0 Å². The van der Waals surface area contributed by atoms with Gasteiger partial charge in [0.1, 0.15) is 11.4 Å². The van der Waals surface area contributed by atoms with Crippen LogP contribution in [-0.2, 0) is 0 Å². The zero-order valence-corrected chi connectivity index (χ0v) is 10.4. The molecular weight excluding hydrogens is 319 g/mol. The zero-order valence-electron chi connectivity index (χ0n) is 10.4. The maximum Gasteiger partial charge on any atom is 0.573 e. The third-order valence-corrected chi connectivity index (χ3v) is 2.65. The van der Waals surface area contributed by atoms with Gasteiger partial charge in [-0.05, 0) is 17.7 Å². The average molecular weight is 325 g/mol. The fraction of sp³-hybridized carbons (Fsp3) is 0.0769. The standard InChI is InChI=1S/C13H6F7NO/c14-8-7(9(15)11(17)12(21)10(8)16)5-2-1-3-6(4-5)22-13(18,19)20/h1-4H,21H2. The molecule has 0 aliphatic rings. The van der Waals surface area contributed by atoms with Crippen LogP contribution < -0.4 is 10.5 Å². The number of hydrogen-bond donors (Lipinski definition) is 1. The summed E-state index contributed by atoms with van der Waals surface area (Å²) >= 11 is 0. The minimum Gasteiger partial charge on any atom is -0.406 e. The van der Waals surface area contributed by atoms with Crippen LogP contribution in [0, 0.1) is 23.3 Å². The molecule has 0 atom stereocenters. The minimum absolute atomic E-state index is 0.547. The lowest BCUT2D eigenvalue weighted by atomic mass is 10.0. The van der Waals surface area contributed by atoms with E-state index >= 15 is 0 Å². The van der Waals surface area contributed by atoms with Gasteiger partial charge >= 0.3 is 6.36 Å². The smallest absolute Gasteiger partial charge is 0.406 e. The normalized spacial score (nSPS) is 11.6. The summed E-state index contributed by atoms with van der Waals surface area (Å²) in [6, 6.07) is 3.38. The van der Waals surface area contributed by atoms with Crippen molar-refractivity contribution in [2.75, 3.05) is 5.73 Å². The highest BCUT2D eigenvalue weighted by Gasteiger charge is 2.31. The van der Waals surface area contributed by atoms with Crippen molar-refractivity contribution < 1.29 is 35.5 Å². The molecule has 0 bridgehead atoms. The molecule has 0 spiro atoms. The van der Waals surface area contributed by atoms with Gasteiger partial charge in [0.15, 0.2) is 23.3 Å². The maximum atomic E-state index is 13.7. The Kier molecular flexibility index (Phi) is 3.90. The molecule has 2 aromatic carbocycles. The van der Waals surface area contributed by atoms with E-state index in [4.69, 9.17) is 5.73 Å². The molecule has 0 aromatic heterocycles. The Balaban J connectivity index is 2.61. The SMILES string of the molecule is Nc1c(F)c(F)c(-c2cccc(OC(F)(F)F)c2)c(F)c1F. The van der Waals surface area contributed by atoms with E-state index in [0.717, 1.165) is 18.2 Å². The molecule has 0 radical (unpaired) electrons. The lowest BCUT2D eigenvalue weighted by Crippen LogP contribution is -2.17. The second kappa shape index (κ2) is 5.39. The van der Waals surface area contributed by atoms with Gasteiger partial charge in [0.2, 0.25) is 0 Å². The van der Waals surface area contributed by atoms with Crippen molar-refractivity contribution in [1.29, 1.82) is 0 Å². The molecule has 0 saturated carbocycles. The van der Waals surface area contributed by atoms with E-state index < -0.39 is 52.2 Å².